The molecule has 5 heteroatoms. The van der Waals surface area contributed by atoms with Crippen LogP contribution in [0.3, 0.4) is 0 Å². The number of nitrogens with zero attached hydrogens (tertiary/aromatic N) is 3. The second-order valence-corrected chi connectivity index (χ2v) is 5.09. The molecule has 108 valence electrons. The lowest BCUT2D eigenvalue weighted by Gasteiger charge is -2.17. The smallest absolute Gasteiger partial charge is 0.138 e. The van der Waals surface area contributed by atoms with Crippen LogP contribution in [0.15, 0.2) is 47.4 Å². The molecule has 0 fully saturated rings. The molecule has 3 aromatic rings. The van der Waals surface area contributed by atoms with Gasteiger partial charge >= 0.3 is 0 Å². The van der Waals surface area contributed by atoms with Crippen molar-refractivity contribution in [2.75, 3.05) is 5.32 Å². The van der Waals surface area contributed by atoms with E-state index in [1.54, 1.807) is 11.0 Å². The lowest BCUT2D eigenvalue weighted by atomic mass is 10.1. The standard InChI is InChI=1S/C16H18N4O/c1-11-8-14(13(3)21-11)12(2)19-15-6-4-5-7-16(15)20-10-17-9-18-20/h4-10,12,19H,1-3H3. The number of nitrogens with one attached hydrogen (secondary N) is 1. The van der Waals surface area contributed by atoms with E-state index in [9.17, 15) is 0 Å². The highest BCUT2D eigenvalue weighted by Crippen LogP contribution is 2.27. The molecule has 0 radical (unpaired) electrons. The van der Waals surface area contributed by atoms with Crippen molar-refractivity contribution < 1.29 is 4.42 Å². The number of hydrogen-bond acceptors (Lipinski definition) is 4. The van der Waals surface area contributed by atoms with Gasteiger partial charge in [0.25, 0.3) is 0 Å². The zero-order valence-corrected chi connectivity index (χ0v) is 12.4. The van der Waals surface area contributed by atoms with E-state index >= 15 is 0 Å². The first-order valence-corrected chi connectivity index (χ1v) is 6.92. The first-order chi connectivity index (χ1) is 10.1. The Morgan fingerprint density at radius 2 is 2.05 bits per heavy atom. The first kappa shape index (κ1) is 13.4. The van der Waals surface area contributed by atoms with Gasteiger partial charge in [-0.1, -0.05) is 12.1 Å². The summed E-state index contributed by atoms with van der Waals surface area (Å²) in [5.74, 6) is 1.88. The van der Waals surface area contributed by atoms with Crippen LogP contribution in [0.1, 0.15) is 30.0 Å². The monoisotopic (exact) mass is 282 g/mol. The van der Waals surface area contributed by atoms with Crippen LogP contribution in [0.5, 0.6) is 0 Å². The van der Waals surface area contributed by atoms with E-state index in [0.29, 0.717) is 0 Å². The predicted molar refractivity (Wildman–Crippen MR) is 81.6 cm³/mol. The number of aromatic nitrogens is 3. The number of para-hydroxylation sites is 2. The molecular weight excluding hydrogens is 264 g/mol. The number of hydrogen-bond donors (Lipinski definition) is 1. The van der Waals surface area contributed by atoms with E-state index in [2.05, 4.69) is 28.4 Å². The maximum Gasteiger partial charge on any atom is 0.138 e. The molecule has 0 spiro atoms. The third-order valence-electron chi connectivity index (χ3n) is 3.49. The van der Waals surface area contributed by atoms with Gasteiger partial charge in [0.2, 0.25) is 0 Å². The topological polar surface area (TPSA) is 55.9 Å². The van der Waals surface area contributed by atoms with Gasteiger partial charge in [0.15, 0.2) is 0 Å². The summed E-state index contributed by atoms with van der Waals surface area (Å²) in [7, 11) is 0. The molecule has 0 aliphatic heterocycles. The summed E-state index contributed by atoms with van der Waals surface area (Å²) in [5.41, 5.74) is 3.15. The van der Waals surface area contributed by atoms with Crippen molar-refractivity contribution >= 4 is 5.69 Å². The third-order valence-corrected chi connectivity index (χ3v) is 3.49. The number of benzene rings is 1. The van der Waals surface area contributed by atoms with E-state index in [1.165, 1.54) is 11.9 Å². The van der Waals surface area contributed by atoms with Crippen molar-refractivity contribution in [3.63, 3.8) is 0 Å². The van der Waals surface area contributed by atoms with E-state index in [4.69, 9.17) is 4.42 Å². The summed E-state index contributed by atoms with van der Waals surface area (Å²) < 4.78 is 7.36. The van der Waals surface area contributed by atoms with Crippen LogP contribution in [0.2, 0.25) is 0 Å². The molecule has 0 aliphatic carbocycles. The van der Waals surface area contributed by atoms with Crippen LogP contribution in [-0.4, -0.2) is 14.8 Å². The van der Waals surface area contributed by atoms with E-state index in [-0.39, 0.29) is 6.04 Å². The van der Waals surface area contributed by atoms with Gasteiger partial charge in [0.1, 0.15) is 24.2 Å². The Hall–Kier alpha value is -2.56. The highest BCUT2D eigenvalue weighted by molar-refractivity contribution is 5.61. The lowest BCUT2D eigenvalue weighted by Crippen LogP contribution is -2.09. The molecule has 0 saturated carbocycles. The molecule has 2 aromatic heterocycles. The highest BCUT2D eigenvalue weighted by atomic mass is 16.3. The summed E-state index contributed by atoms with van der Waals surface area (Å²) in [6.07, 6.45) is 3.22. The Morgan fingerprint density at radius 3 is 2.71 bits per heavy atom. The minimum absolute atomic E-state index is 0.145. The fourth-order valence-electron chi connectivity index (χ4n) is 2.52. The van der Waals surface area contributed by atoms with E-state index in [1.807, 2.05) is 38.1 Å². The van der Waals surface area contributed by atoms with Gasteiger partial charge in [-0.15, -0.1) is 0 Å². The van der Waals surface area contributed by atoms with Crippen LogP contribution < -0.4 is 5.32 Å². The van der Waals surface area contributed by atoms with Crippen molar-refractivity contribution in [2.24, 2.45) is 0 Å². The molecule has 1 N–H and O–H groups in total. The fourth-order valence-corrected chi connectivity index (χ4v) is 2.52. The minimum atomic E-state index is 0.145. The van der Waals surface area contributed by atoms with Gasteiger partial charge in [-0.2, -0.15) is 5.10 Å². The van der Waals surface area contributed by atoms with Crippen molar-refractivity contribution in [1.82, 2.24) is 14.8 Å². The van der Waals surface area contributed by atoms with E-state index < -0.39 is 0 Å². The molecule has 0 amide bonds. The van der Waals surface area contributed by atoms with Crippen LogP contribution >= 0.6 is 0 Å². The molecule has 2 heterocycles. The van der Waals surface area contributed by atoms with Gasteiger partial charge in [0, 0.05) is 5.56 Å². The van der Waals surface area contributed by atoms with Gasteiger partial charge in [-0.3, -0.25) is 0 Å². The largest absolute Gasteiger partial charge is 0.466 e. The minimum Gasteiger partial charge on any atom is -0.466 e. The highest BCUT2D eigenvalue weighted by Gasteiger charge is 2.14. The Labute approximate surface area is 123 Å². The van der Waals surface area contributed by atoms with Crippen LogP contribution in [0.4, 0.5) is 5.69 Å². The maximum atomic E-state index is 5.61. The van der Waals surface area contributed by atoms with Gasteiger partial charge in [-0.05, 0) is 39.0 Å². The molecule has 1 atom stereocenters. The predicted octanol–water partition coefficient (Wildman–Crippen LogP) is 3.65. The summed E-state index contributed by atoms with van der Waals surface area (Å²) in [5, 5.41) is 7.72. The normalized spacial score (nSPS) is 12.3. The number of anilines is 1. The summed E-state index contributed by atoms with van der Waals surface area (Å²) in [4.78, 5) is 4.00. The third kappa shape index (κ3) is 2.67. The molecule has 5 nitrogen and oxygen atoms in total. The second-order valence-electron chi connectivity index (χ2n) is 5.09. The molecule has 0 bridgehead atoms. The number of rotatable bonds is 4. The molecule has 0 saturated heterocycles. The van der Waals surface area contributed by atoms with Crippen molar-refractivity contribution in [3.05, 3.63) is 60.1 Å². The SMILES string of the molecule is Cc1cc(C(C)Nc2ccccc2-n2cncn2)c(C)o1. The Kier molecular flexibility index (Phi) is 3.48. The number of aryl methyl sites for hydroxylation is 2. The fraction of sp³-hybridized carbons (Fsp3) is 0.250. The van der Waals surface area contributed by atoms with Crippen LogP contribution in [0, 0.1) is 13.8 Å². The molecule has 1 unspecified atom stereocenters. The average molecular weight is 282 g/mol. The van der Waals surface area contributed by atoms with Crippen molar-refractivity contribution in [1.29, 1.82) is 0 Å². The van der Waals surface area contributed by atoms with Gasteiger partial charge in [-0.25, -0.2) is 9.67 Å². The van der Waals surface area contributed by atoms with Gasteiger partial charge in [0.05, 0.1) is 17.4 Å². The lowest BCUT2D eigenvalue weighted by molar-refractivity contribution is 0.500. The molecule has 1 aromatic carbocycles. The molecule has 21 heavy (non-hydrogen) atoms. The second kappa shape index (κ2) is 5.44. The van der Waals surface area contributed by atoms with Crippen LogP contribution in [0.25, 0.3) is 5.69 Å². The Balaban J connectivity index is 1.90. The van der Waals surface area contributed by atoms with Gasteiger partial charge < -0.3 is 9.73 Å². The number of furan rings is 1. The zero-order valence-electron chi connectivity index (χ0n) is 12.4. The molecular formula is C16H18N4O. The summed E-state index contributed by atoms with van der Waals surface area (Å²) >= 11 is 0. The Morgan fingerprint density at radius 1 is 1.24 bits per heavy atom. The quantitative estimate of drug-likeness (QED) is 0.793. The van der Waals surface area contributed by atoms with Crippen molar-refractivity contribution in [3.8, 4) is 5.69 Å². The zero-order chi connectivity index (χ0) is 14.8. The van der Waals surface area contributed by atoms with Crippen molar-refractivity contribution in [2.45, 2.75) is 26.8 Å². The maximum absolute atomic E-state index is 5.61. The summed E-state index contributed by atoms with van der Waals surface area (Å²) in [6.45, 7) is 6.08. The Bertz CT molecular complexity index is 731. The summed E-state index contributed by atoms with van der Waals surface area (Å²) in [6, 6.07) is 10.3. The van der Waals surface area contributed by atoms with E-state index in [0.717, 1.165) is 22.9 Å². The first-order valence-electron chi connectivity index (χ1n) is 6.92. The molecule has 0 aliphatic rings. The average Bonchev–Trinajstić information content (AvgIpc) is 3.09. The van der Waals surface area contributed by atoms with Crippen LogP contribution in [-0.2, 0) is 0 Å². The molecule has 3 rings (SSSR count).